The van der Waals surface area contributed by atoms with E-state index < -0.39 is 19.2 Å². The summed E-state index contributed by atoms with van der Waals surface area (Å²) in [4.78, 5) is 25.8. The van der Waals surface area contributed by atoms with Crippen LogP contribution in [0, 0.1) is 0 Å². The topological polar surface area (TPSA) is 52.6 Å². The van der Waals surface area contributed by atoms with Gasteiger partial charge in [0.2, 0.25) is 0 Å². The lowest BCUT2D eigenvalue weighted by molar-refractivity contribution is -0.138. The first-order valence-electron chi connectivity index (χ1n) is 9.92. The highest BCUT2D eigenvalue weighted by Crippen LogP contribution is 2.71. The Morgan fingerprint density at radius 3 is 1.22 bits per heavy atom. The van der Waals surface area contributed by atoms with Gasteiger partial charge in [0, 0.05) is 0 Å². The van der Waals surface area contributed by atoms with Gasteiger partial charge in [0.05, 0.1) is 14.2 Å². The number of benzene rings is 3. The fourth-order valence-corrected chi connectivity index (χ4v) is 13.6. The zero-order valence-corrected chi connectivity index (χ0v) is 20.2. The number of esters is 2. The van der Waals surface area contributed by atoms with Crippen LogP contribution in [0.15, 0.2) is 101 Å². The predicted molar refractivity (Wildman–Crippen MR) is 135 cm³/mol. The van der Waals surface area contributed by atoms with Gasteiger partial charge in [0.15, 0.2) is 4.32 Å². The van der Waals surface area contributed by atoms with Crippen molar-refractivity contribution in [3.05, 3.63) is 101 Å². The summed E-state index contributed by atoms with van der Waals surface area (Å²) in [6, 6.07) is 31.1. The molecule has 3 aromatic rings. The molecule has 0 radical (unpaired) electrons. The lowest BCUT2D eigenvalue weighted by Gasteiger charge is -2.31. The molecule has 0 aliphatic carbocycles. The molecule has 0 spiro atoms. The third-order valence-electron chi connectivity index (χ3n) is 5.19. The van der Waals surface area contributed by atoms with Crippen molar-refractivity contribution in [2.24, 2.45) is 0 Å². The maximum absolute atomic E-state index is 12.6. The summed E-state index contributed by atoms with van der Waals surface area (Å²) >= 11 is 2.81. The second-order valence-corrected chi connectivity index (χ2v) is 13.7. The van der Waals surface area contributed by atoms with Crippen molar-refractivity contribution in [3.8, 4) is 0 Å². The number of thioether (sulfide) groups is 2. The van der Waals surface area contributed by atoms with Crippen molar-refractivity contribution in [1.82, 2.24) is 0 Å². The van der Waals surface area contributed by atoms with E-state index in [1.807, 2.05) is 54.6 Å². The van der Waals surface area contributed by atoms with Gasteiger partial charge in [-0.15, -0.1) is 0 Å². The summed E-state index contributed by atoms with van der Waals surface area (Å²) in [5.41, 5.74) is 0. The fraction of sp³-hybridized carbons (Fsp3) is 0.120. The third kappa shape index (κ3) is 3.99. The van der Waals surface area contributed by atoms with Crippen LogP contribution in [-0.4, -0.2) is 30.5 Å². The highest BCUT2D eigenvalue weighted by molar-refractivity contribution is 8.34. The molecule has 4 nitrogen and oxygen atoms in total. The van der Waals surface area contributed by atoms with Gasteiger partial charge in [-0.05, 0) is 36.4 Å². The van der Waals surface area contributed by atoms with Gasteiger partial charge >= 0.3 is 11.9 Å². The molecule has 1 aliphatic rings. The van der Waals surface area contributed by atoms with Crippen molar-refractivity contribution in [2.45, 2.75) is 4.32 Å². The first-order chi connectivity index (χ1) is 15.6. The van der Waals surface area contributed by atoms with Gasteiger partial charge in [0.1, 0.15) is 33.0 Å². The van der Waals surface area contributed by atoms with Gasteiger partial charge in [-0.25, -0.2) is 9.59 Å². The third-order valence-corrected chi connectivity index (χ3v) is 14.0. The molecule has 0 fully saturated rings. The number of carbonyl (C=O) groups is 2. The largest absolute Gasteiger partial charge is 0.465 e. The Morgan fingerprint density at radius 1 is 0.625 bits per heavy atom. The van der Waals surface area contributed by atoms with Crippen LogP contribution in [0.5, 0.6) is 0 Å². The summed E-state index contributed by atoms with van der Waals surface area (Å²) in [5.74, 6) is -1.03. The van der Waals surface area contributed by atoms with E-state index in [-0.39, 0.29) is 4.32 Å². The molecule has 0 aromatic heterocycles. The van der Waals surface area contributed by atoms with E-state index in [0.29, 0.717) is 9.81 Å². The zero-order valence-electron chi connectivity index (χ0n) is 17.6. The summed E-state index contributed by atoms with van der Waals surface area (Å²) in [6.45, 7) is 0. The second-order valence-electron chi connectivity index (χ2n) is 6.91. The molecule has 162 valence electrons. The van der Waals surface area contributed by atoms with Gasteiger partial charge in [-0.2, -0.15) is 0 Å². The van der Waals surface area contributed by atoms with Crippen molar-refractivity contribution in [3.63, 3.8) is 0 Å². The Hall–Kier alpha value is -2.53. The van der Waals surface area contributed by atoms with Crippen molar-refractivity contribution >= 4 is 58.6 Å². The minimum absolute atomic E-state index is 0.141. The lowest BCUT2D eigenvalue weighted by Crippen LogP contribution is -2.36. The number of hydrogen-bond donors (Lipinski definition) is 0. The predicted octanol–water partition coefficient (Wildman–Crippen LogP) is 4.30. The molecular weight excluding hydrogens is 459 g/mol. The molecule has 0 amide bonds. The molecule has 0 atom stereocenters. The zero-order chi connectivity index (χ0) is 22.6. The van der Waals surface area contributed by atoms with Gasteiger partial charge < -0.3 is 9.47 Å². The van der Waals surface area contributed by atoms with E-state index in [0.717, 1.165) is 0 Å². The molecule has 0 saturated heterocycles. The SMILES string of the molecule is COC(=O)C1=C(C(=O)OC)SC([P+](c2ccccc2)(c2ccccc2)c2ccccc2)S1. The number of methoxy groups -OCH3 is 2. The van der Waals surface area contributed by atoms with E-state index in [9.17, 15) is 9.59 Å². The molecule has 0 bridgehead atoms. The van der Waals surface area contributed by atoms with Crippen molar-refractivity contribution < 1.29 is 19.1 Å². The summed E-state index contributed by atoms with van der Waals surface area (Å²) in [6.07, 6.45) is 0. The van der Waals surface area contributed by atoms with Crippen LogP contribution in [0.25, 0.3) is 0 Å². The Morgan fingerprint density at radius 2 is 0.938 bits per heavy atom. The average Bonchev–Trinajstić information content (AvgIpc) is 3.31. The van der Waals surface area contributed by atoms with Crippen LogP contribution >= 0.6 is 30.8 Å². The van der Waals surface area contributed by atoms with Crippen molar-refractivity contribution in [2.75, 3.05) is 14.2 Å². The Balaban J connectivity index is 1.97. The van der Waals surface area contributed by atoms with Gasteiger partial charge in [0.25, 0.3) is 0 Å². The van der Waals surface area contributed by atoms with Crippen LogP contribution in [0.2, 0.25) is 0 Å². The van der Waals surface area contributed by atoms with Gasteiger partial charge in [-0.3, -0.25) is 0 Å². The lowest BCUT2D eigenvalue weighted by atomic mass is 10.4. The van der Waals surface area contributed by atoms with E-state index in [1.54, 1.807) is 0 Å². The van der Waals surface area contributed by atoms with Crippen LogP contribution in [-0.2, 0) is 19.1 Å². The van der Waals surface area contributed by atoms with E-state index in [1.165, 1.54) is 53.7 Å². The quantitative estimate of drug-likeness (QED) is 0.387. The van der Waals surface area contributed by atoms with Crippen LogP contribution in [0.4, 0.5) is 0 Å². The molecule has 7 heteroatoms. The van der Waals surface area contributed by atoms with E-state index in [2.05, 4.69) is 36.4 Å². The number of hydrogen-bond acceptors (Lipinski definition) is 6. The molecule has 32 heavy (non-hydrogen) atoms. The first kappa shape index (κ1) is 22.7. The Kier molecular flexibility index (Phi) is 7.04. The van der Waals surface area contributed by atoms with E-state index in [4.69, 9.17) is 9.47 Å². The van der Waals surface area contributed by atoms with Crippen LogP contribution in [0.1, 0.15) is 0 Å². The van der Waals surface area contributed by atoms with Crippen LogP contribution in [0.3, 0.4) is 0 Å². The van der Waals surface area contributed by atoms with E-state index >= 15 is 0 Å². The molecule has 1 aliphatic heterocycles. The Bertz CT molecular complexity index is 1010. The minimum atomic E-state index is -2.31. The first-order valence-corrected chi connectivity index (χ1v) is 13.5. The molecule has 1 heterocycles. The normalized spacial score (nSPS) is 14.3. The summed E-state index contributed by atoms with van der Waals surface area (Å²) in [5, 5.41) is 3.54. The molecule has 0 saturated carbocycles. The molecule has 0 N–H and O–H groups in total. The maximum atomic E-state index is 12.6. The maximum Gasteiger partial charge on any atom is 0.345 e. The average molecular weight is 482 g/mol. The summed E-state index contributed by atoms with van der Waals surface area (Å²) < 4.78 is 9.88. The fourth-order valence-electron chi connectivity index (χ4n) is 3.76. The number of rotatable bonds is 6. The number of carbonyl (C=O) groups excluding carboxylic acids is 2. The van der Waals surface area contributed by atoms with Crippen molar-refractivity contribution in [1.29, 1.82) is 0 Å². The Labute approximate surface area is 196 Å². The summed E-state index contributed by atoms with van der Waals surface area (Å²) in [7, 11) is 0.353. The van der Waals surface area contributed by atoms with Crippen LogP contribution < -0.4 is 15.9 Å². The molecule has 0 unspecified atom stereocenters. The standard InChI is InChI=1S/C25H22O4PS2/c1-28-23(26)21-22(24(27)29-2)32-25(31-21)30(18-12-6-3-7-13-18,19-14-8-4-9-15-19)20-16-10-5-11-17-20/h3-17,25H,1-2H3/q+1. The smallest absolute Gasteiger partial charge is 0.345 e. The highest BCUT2D eigenvalue weighted by atomic mass is 32.2. The van der Waals surface area contributed by atoms with Gasteiger partial charge in [-0.1, -0.05) is 78.1 Å². The monoisotopic (exact) mass is 481 g/mol. The number of ether oxygens (including phenoxy) is 2. The molecule has 3 aromatic carbocycles. The molecule has 4 rings (SSSR count). The second kappa shape index (κ2) is 9.95. The molecular formula is C25H22O4PS2+. The highest BCUT2D eigenvalue weighted by Gasteiger charge is 2.57. The minimum Gasteiger partial charge on any atom is -0.465 e.